The van der Waals surface area contributed by atoms with Crippen molar-refractivity contribution < 1.29 is 4.74 Å². The maximum atomic E-state index is 6.00. The van der Waals surface area contributed by atoms with Gasteiger partial charge in [-0.05, 0) is 33.3 Å². The predicted octanol–water partition coefficient (Wildman–Crippen LogP) is 4.03. The molecule has 1 aromatic rings. The maximum absolute atomic E-state index is 6.00. The van der Waals surface area contributed by atoms with Crippen LogP contribution in [-0.2, 0) is 0 Å². The molecule has 1 aromatic heterocycles. The Hall–Kier alpha value is -1.51. The van der Waals surface area contributed by atoms with Gasteiger partial charge in [-0.15, -0.1) is 0 Å². The summed E-state index contributed by atoms with van der Waals surface area (Å²) in [6, 6.07) is 3.92. The molecular formula is C15H24N2O. The van der Waals surface area contributed by atoms with Gasteiger partial charge in [0.1, 0.15) is 5.60 Å². The number of hydrogen-bond donors (Lipinski definition) is 1. The van der Waals surface area contributed by atoms with Crippen LogP contribution in [0.4, 0.5) is 5.69 Å². The van der Waals surface area contributed by atoms with Crippen LogP contribution in [0.2, 0.25) is 0 Å². The first-order valence-corrected chi connectivity index (χ1v) is 6.63. The van der Waals surface area contributed by atoms with Gasteiger partial charge < -0.3 is 10.1 Å². The summed E-state index contributed by atoms with van der Waals surface area (Å²) in [5, 5.41) is 3.22. The molecular weight excluding hydrogens is 224 g/mol. The van der Waals surface area contributed by atoms with Crippen LogP contribution in [-0.4, -0.2) is 17.1 Å². The third-order valence-corrected chi connectivity index (χ3v) is 3.00. The molecule has 18 heavy (non-hydrogen) atoms. The summed E-state index contributed by atoms with van der Waals surface area (Å²) in [6.07, 6.45) is 7.85. The third kappa shape index (κ3) is 4.40. The fourth-order valence-corrected chi connectivity index (χ4v) is 1.63. The average Bonchev–Trinajstić information content (AvgIpc) is 2.39. The molecule has 0 fully saturated rings. The van der Waals surface area contributed by atoms with Crippen molar-refractivity contribution in [2.45, 2.75) is 46.1 Å². The van der Waals surface area contributed by atoms with Crippen LogP contribution in [0, 0.1) is 0 Å². The van der Waals surface area contributed by atoms with Crippen molar-refractivity contribution in [3.05, 3.63) is 30.5 Å². The van der Waals surface area contributed by atoms with Gasteiger partial charge in [-0.3, -0.25) is 0 Å². The summed E-state index contributed by atoms with van der Waals surface area (Å²) in [5.41, 5.74) is 0.843. The van der Waals surface area contributed by atoms with E-state index >= 15 is 0 Å². The summed E-state index contributed by atoms with van der Waals surface area (Å²) >= 11 is 0. The minimum atomic E-state index is -0.181. The van der Waals surface area contributed by atoms with Gasteiger partial charge in [0.2, 0.25) is 5.88 Å². The molecule has 0 amide bonds. The molecule has 1 N–H and O–H groups in total. The number of nitrogens with zero attached hydrogens (tertiary/aromatic N) is 1. The van der Waals surface area contributed by atoms with E-state index in [2.05, 4.69) is 43.2 Å². The van der Waals surface area contributed by atoms with E-state index in [9.17, 15) is 0 Å². The van der Waals surface area contributed by atoms with E-state index in [4.69, 9.17) is 4.74 Å². The van der Waals surface area contributed by atoms with E-state index in [-0.39, 0.29) is 5.60 Å². The number of allylic oxidation sites excluding steroid dienone is 1. The summed E-state index contributed by atoms with van der Waals surface area (Å²) in [7, 11) is 0. The second-order valence-corrected chi connectivity index (χ2v) is 4.59. The van der Waals surface area contributed by atoms with E-state index < -0.39 is 0 Å². The molecule has 0 saturated heterocycles. The normalized spacial score (nSPS) is 14.4. The van der Waals surface area contributed by atoms with Crippen LogP contribution in [0.5, 0.6) is 5.88 Å². The first-order chi connectivity index (χ1) is 8.63. The van der Waals surface area contributed by atoms with Gasteiger partial charge in [0.25, 0.3) is 0 Å². The monoisotopic (exact) mass is 248 g/mol. The topological polar surface area (TPSA) is 34.1 Å². The first-order valence-electron chi connectivity index (χ1n) is 6.63. The lowest BCUT2D eigenvalue weighted by Gasteiger charge is -2.27. The Kier molecular flexibility index (Phi) is 5.69. The Balaban J connectivity index is 2.69. The highest BCUT2D eigenvalue weighted by Crippen LogP contribution is 2.24. The van der Waals surface area contributed by atoms with Gasteiger partial charge in [0.15, 0.2) is 0 Å². The summed E-state index contributed by atoms with van der Waals surface area (Å²) < 4.78 is 6.00. The van der Waals surface area contributed by atoms with E-state index in [0.29, 0.717) is 5.88 Å². The van der Waals surface area contributed by atoms with Crippen molar-refractivity contribution in [1.82, 2.24) is 4.98 Å². The molecule has 0 aliphatic carbocycles. The zero-order chi connectivity index (χ0) is 13.4. The fourth-order valence-electron chi connectivity index (χ4n) is 1.63. The summed E-state index contributed by atoms with van der Waals surface area (Å²) in [6.45, 7) is 9.24. The Morgan fingerprint density at radius 3 is 2.67 bits per heavy atom. The van der Waals surface area contributed by atoms with Crippen LogP contribution in [0.15, 0.2) is 30.5 Å². The van der Waals surface area contributed by atoms with Crippen LogP contribution in [0.1, 0.15) is 40.5 Å². The van der Waals surface area contributed by atoms with Crippen LogP contribution in [0.3, 0.4) is 0 Å². The number of aromatic nitrogens is 1. The molecule has 0 bridgehead atoms. The van der Waals surface area contributed by atoms with E-state index in [1.54, 1.807) is 0 Å². The van der Waals surface area contributed by atoms with E-state index in [1.807, 2.05) is 25.3 Å². The first kappa shape index (κ1) is 14.6. The third-order valence-electron chi connectivity index (χ3n) is 3.00. The van der Waals surface area contributed by atoms with Crippen molar-refractivity contribution >= 4 is 5.69 Å². The molecule has 0 saturated carbocycles. The molecule has 1 heterocycles. The molecule has 0 aliphatic heterocycles. The molecule has 0 spiro atoms. The highest BCUT2D eigenvalue weighted by atomic mass is 16.5. The molecule has 0 aromatic carbocycles. The van der Waals surface area contributed by atoms with Crippen LogP contribution >= 0.6 is 0 Å². The van der Waals surface area contributed by atoms with Gasteiger partial charge in [-0.1, -0.05) is 19.1 Å². The molecule has 0 radical (unpaired) electrons. The van der Waals surface area contributed by atoms with E-state index in [1.165, 1.54) is 0 Å². The smallest absolute Gasteiger partial charge is 0.213 e. The lowest BCUT2D eigenvalue weighted by Crippen LogP contribution is -2.31. The predicted molar refractivity (Wildman–Crippen MR) is 77.2 cm³/mol. The number of pyridine rings is 1. The van der Waals surface area contributed by atoms with Gasteiger partial charge in [0, 0.05) is 19.0 Å². The molecule has 0 aliphatic rings. The zero-order valence-corrected chi connectivity index (χ0v) is 11.9. The number of ether oxygens (including phenoxy) is 1. The largest absolute Gasteiger partial charge is 0.471 e. The Morgan fingerprint density at radius 2 is 2.17 bits per heavy atom. The van der Waals surface area contributed by atoms with Gasteiger partial charge >= 0.3 is 0 Å². The molecule has 1 unspecified atom stereocenters. The highest BCUT2D eigenvalue weighted by Gasteiger charge is 2.22. The van der Waals surface area contributed by atoms with Crippen molar-refractivity contribution in [2.75, 3.05) is 11.9 Å². The van der Waals surface area contributed by atoms with Crippen molar-refractivity contribution in [3.63, 3.8) is 0 Å². The number of nitrogens with one attached hydrogen (secondary N) is 1. The number of rotatable bonds is 7. The van der Waals surface area contributed by atoms with Gasteiger partial charge in [-0.2, -0.15) is 0 Å². The number of hydrogen-bond acceptors (Lipinski definition) is 3. The Labute approximate surface area is 110 Å². The molecule has 3 nitrogen and oxygen atoms in total. The van der Waals surface area contributed by atoms with Crippen LogP contribution < -0.4 is 10.1 Å². The van der Waals surface area contributed by atoms with Gasteiger partial charge in [0.05, 0.1) is 11.9 Å². The second kappa shape index (κ2) is 7.04. The number of anilines is 1. The second-order valence-electron chi connectivity index (χ2n) is 4.59. The Morgan fingerprint density at radius 1 is 1.39 bits per heavy atom. The SMILES string of the molecule is C/C=C\CC(C)(CC)Oc1ccc(NCC)cn1. The average molecular weight is 248 g/mol. The molecule has 100 valence electrons. The fraction of sp³-hybridized carbons (Fsp3) is 0.533. The zero-order valence-electron chi connectivity index (χ0n) is 11.9. The molecule has 1 atom stereocenters. The van der Waals surface area contributed by atoms with E-state index in [0.717, 1.165) is 25.1 Å². The molecule has 1 rings (SSSR count). The Bertz CT molecular complexity index is 373. The quantitative estimate of drug-likeness (QED) is 0.740. The maximum Gasteiger partial charge on any atom is 0.213 e. The minimum Gasteiger partial charge on any atom is -0.471 e. The summed E-state index contributed by atoms with van der Waals surface area (Å²) in [5.74, 6) is 0.686. The highest BCUT2D eigenvalue weighted by molar-refractivity contribution is 5.41. The molecule has 3 heteroatoms. The lowest BCUT2D eigenvalue weighted by molar-refractivity contribution is 0.0819. The van der Waals surface area contributed by atoms with Crippen molar-refractivity contribution in [3.8, 4) is 5.88 Å². The van der Waals surface area contributed by atoms with Crippen molar-refractivity contribution in [1.29, 1.82) is 0 Å². The van der Waals surface area contributed by atoms with Crippen LogP contribution in [0.25, 0.3) is 0 Å². The lowest BCUT2D eigenvalue weighted by atomic mass is 9.98. The summed E-state index contributed by atoms with van der Waals surface area (Å²) in [4.78, 5) is 4.33. The van der Waals surface area contributed by atoms with Gasteiger partial charge in [-0.25, -0.2) is 4.98 Å². The minimum absolute atomic E-state index is 0.181. The van der Waals surface area contributed by atoms with Crippen molar-refractivity contribution in [2.24, 2.45) is 0 Å². The standard InChI is InChI=1S/C15H24N2O/c1-5-8-11-15(4,6-2)18-14-10-9-13(12-17-14)16-7-3/h5,8-10,12,16H,6-7,11H2,1-4H3/b8-5-.